The molecule has 0 aliphatic heterocycles. The van der Waals surface area contributed by atoms with Crippen molar-refractivity contribution in [2.24, 2.45) is 0 Å². The van der Waals surface area contributed by atoms with E-state index in [0.29, 0.717) is 5.56 Å². The van der Waals surface area contributed by atoms with E-state index in [4.69, 9.17) is 4.74 Å². The van der Waals surface area contributed by atoms with Gasteiger partial charge >= 0.3 is 5.97 Å². The summed E-state index contributed by atoms with van der Waals surface area (Å²) >= 11 is 0. The molecule has 4 heteroatoms. The van der Waals surface area contributed by atoms with Crippen molar-refractivity contribution < 1.29 is 14.3 Å². The van der Waals surface area contributed by atoms with Gasteiger partial charge in [0.05, 0.1) is 17.7 Å². The molecule has 136 valence electrons. The molecule has 4 nitrogen and oxygen atoms in total. The molecule has 0 heterocycles. The molecule has 0 radical (unpaired) electrons. The number of rotatable bonds is 4. The highest BCUT2D eigenvalue weighted by Crippen LogP contribution is 2.41. The molecule has 0 spiro atoms. The van der Waals surface area contributed by atoms with Gasteiger partial charge in [0, 0.05) is 12.8 Å². The van der Waals surface area contributed by atoms with Crippen molar-refractivity contribution in [1.82, 2.24) is 5.32 Å². The van der Waals surface area contributed by atoms with E-state index in [2.05, 4.69) is 17.4 Å². The van der Waals surface area contributed by atoms with Crippen LogP contribution in [0.3, 0.4) is 0 Å². The maximum absolute atomic E-state index is 12.0. The second kappa shape index (κ2) is 7.73. The quantitative estimate of drug-likeness (QED) is 0.833. The monoisotopic (exact) mass is 351 g/mol. The van der Waals surface area contributed by atoms with Crippen molar-refractivity contribution in [3.05, 3.63) is 70.8 Å². The Morgan fingerprint density at radius 3 is 2.27 bits per heavy atom. The Hall–Kier alpha value is -2.62. The first-order chi connectivity index (χ1) is 12.5. The summed E-state index contributed by atoms with van der Waals surface area (Å²) in [6.07, 6.45) is 1.73. The molecule has 0 saturated heterocycles. The lowest BCUT2D eigenvalue weighted by Gasteiger charge is -2.32. The number of benzene rings is 2. The highest BCUT2D eigenvalue weighted by Gasteiger charge is 2.28. The maximum Gasteiger partial charge on any atom is 0.338 e. The van der Waals surface area contributed by atoms with Crippen molar-refractivity contribution >= 4 is 11.9 Å². The largest absolute Gasteiger partial charge is 0.459 e. The number of fused-ring (bicyclic) bond motifs is 1. The lowest BCUT2D eigenvalue weighted by atomic mass is 9.76. The van der Waals surface area contributed by atoms with Gasteiger partial charge in [0.25, 0.3) is 0 Å². The zero-order chi connectivity index (χ0) is 18.7. The van der Waals surface area contributed by atoms with Crippen LogP contribution in [-0.2, 0) is 9.53 Å². The van der Waals surface area contributed by atoms with E-state index in [1.807, 2.05) is 50.2 Å². The Balaban J connectivity index is 1.85. The van der Waals surface area contributed by atoms with Crippen LogP contribution in [0.1, 0.15) is 72.6 Å². The van der Waals surface area contributed by atoms with Crippen LogP contribution in [0, 0.1) is 0 Å². The number of nitrogens with one attached hydrogen (secondary N) is 1. The number of ether oxygens (including phenoxy) is 1. The van der Waals surface area contributed by atoms with Crippen LogP contribution < -0.4 is 5.32 Å². The zero-order valence-electron chi connectivity index (χ0n) is 15.5. The summed E-state index contributed by atoms with van der Waals surface area (Å²) in [6.45, 7) is 5.25. The number of carbonyl (C=O) groups excluding carboxylic acids is 2. The van der Waals surface area contributed by atoms with Crippen LogP contribution in [-0.4, -0.2) is 18.0 Å². The Morgan fingerprint density at radius 2 is 1.65 bits per heavy atom. The van der Waals surface area contributed by atoms with Gasteiger partial charge in [0.15, 0.2) is 0 Å². The van der Waals surface area contributed by atoms with Crippen molar-refractivity contribution in [2.45, 2.75) is 51.7 Å². The molecule has 3 rings (SSSR count). The van der Waals surface area contributed by atoms with Gasteiger partial charge in [-0.05, 0) is 55.5 Å². The summed E-state index contributed by atoms with van der Waals surface area (Å²) < 4.78 is 5.25. The summed E-state index contributed by atoms with van der Waals surface area (Å²) in [5.41, 5.74) is 4.18. The minimum atomic E-state index is -0.290. The molecule has 0 saturated carbocycles. The first-order valence-electron chi connectivity index (χ1n) is 9.12. The molecule has 1 aliphatic rings. The Kier molecular flexibility index (Phi) is 5.40. The normalized spacial score (nSPS) is 18.9. The minimum absolute atomic E-state index is 0.00345. The third-order valence-electron chi connectivity index (χ3n) is 4.76. The van der Waals surface area contributed by atoms with Gasteiger partial charge in [-0.1, -0.05) is 36.4 Å². The molecule has 0 bridgehead atoms. The Bertz CT molecular complexity index is 795. The molecule has 26 heavy (non-hydrogen) atoms. The van der Waals surface area contributed by atoms with Crippen LogP contribution in [0.5, 0.6) is 0 Å². The molecule has 2 aromatic carbocycles. The van der Waals surface area contributed by atoms with Crippen LogP contribution in [0.2, 0.25) is 0 Å². The van der Waals surface area contributed by atoms with E-state index in [1.54, 1.807) is 6.92 Å². The van der Waals surface area contributed by atoms with E-state index in [1.165, 1.54) is 16.7 Å². The summed E-state index contributed by atoms with van der Waals surface area (Å²) in [5.74, 6) is -0.0241. The van der Waals surface area contributed by atoms with E-state index in [-0.39, 0.29) is 29.9 Å². The van der Waals surface area contributed by atoms with E-state index in [0.717, 1.165) is 12.8 Å². The summed E-state index contributed by atoms with van der Waals surface area (Å²) in [5, 5.41) is 3.05. The molecule has 1 N–H and O–H groups in total. The third kappa shape index (κ3) is 3.96. The highest BCUT2D eigenvalue weighted by molar-refractivity contribution is 5.89. The van der Waals surface area contributed by atoms with Gasteiger partial charge in [0.2, 0.25) is 5.91 Å². The predicted octanol–water partition coefficient (Wildman–Crippen LogP) is 4.35. The predicted molar refractivity (Wildman–Crippen MR) is 101 cm³/mol. The summed E-state index contributed by atoms with van der Waals surface area (Å²) in [6, 6.07) is 16.0. The third-order valence-corrected chi connectivity index (χ3v) is 4.76. The smallest absolute Gasteiger partial charge is 0.338 e. The average Bonchev–Trinajstić information content (AvgIpc) is 2.61. The van der Waals surface area contributed by atoms with Crippen molar-refractivity contribution in [3.8, 4) is 0 Å². The second-order valence-corrected chi connectivity index (χ2v) is 7.09. The maximum atomic E-state index is 12.0. The van der Waals surface area contributed by atoms with Gasteiger partial charge in [-0.2, -0.15) is 0 Å². The van der Waals surface area contributed by atoms with Crippen LogP contribution in [0.15, 0.2) is 48.5 Å². The number of amides is 1. The standard InChI is InChI=1S/C22H25NO3/c1-14(2)26-22(25)17-10-8-16(9-11-17)18-12-13-21(23-15(3)24)20-7-5-4-6-19(18)20/h4-11,14,18,21H,12-13H2,1-3H3,(H,23,24)/t18?,21-/m1/s1. The van der Waals surface area contributed by atoms with Gasteiger partial charge in [-0.3, -0.25) is 4.79 Å². The van der Waals surface area contributed by atoms with Gasteiger partial charge in [0.1, 0.15) is 0 Å². The topological polar surface area (TPSA) is 55.4 Å². The highest BCUT2D eigenvalue weighted by atomic mass is 16.5. The molecular weight excluding hydrogens is 326 g/mol. The number of esters is 1. The first kappa shape index (κ1) is 18.2. The van der Waals surface area contributed by atoms with Gasteiger partial charge in [-0.15, -0.1) is 0 Å². The van der Waals surface area contributed by atoms with Crippen LogP contribution in [0.25, 0.3) is 0 Å². The summed E-state index contributed by atoms with van der Waals surface area (Å²) in [7, 11) is 0. The molecular formula is C22H25NO3. The number of carbonyl (C=O) groups is 2. The fourth-order valence-corrected chi connectivity index (χ4v) is 3.67. The van der Waals surface area contributed by atoms with E-state index >= 15 is 0 Å². The molecule has 0 aromatic heterocycles. The Morgan fingerprint density at radius 1 is 1.00 bits per heavy atom. The lowest BCUT2D eigenvalue weighted by Crippen LogP contribution is -2.30. The van der Waals surface area contributed by atoms with Crippen LogP contribution >= 0.6 is 0 Å². The minimum Gasteiger partial charge on any atom is -0.459 e. The fourth-order valence-electron chi connectivity index (χ4n) is 3.67. The first-order valence-corrected chi connectivity index (χ1v) is 9.12. The SMILES string of the molecule is CC(=O)N[C@@H]1CCC(c2ccc(C(=O)OC(C)C)cc2)c2ccccc21. The second-order valence-electron chi connectivity index (χ2n) is 7.09. The van der Waals surface area contributed by atoms with E-state index < -0.39 is 0 Å². The molecule has 0 fully saturated rings. The average molecular weight is 351 g/mol. The van der Waals surface area contributed by atoms with Crippen molar-refractivity contribution in [2.75, 3.05) is 0 Å². The van der Waals surface area contributed by atoms with Crippen LogP contribution in [0.4, 0.5) is 0 Å². The zero-order valence-corrected chi connectivity index (χ0v) is 15.5. The van der Waals surface area contributed by atoms with Crippen molar-refractivity contribution in [1.29, 1.82) is 0 Å². The summed E-state index contributed by atoms with van der Waals surface area (Å²) in [4.78, 5) is 23.5. The molecule has 2 aromatic rings. The molecule has 1 amide bonds. The molecule has 1 unspecified atom stereocenters. The molecule has 1 aliphatic carbocycles. The van der Waals surface area contributed by atoms with Crippen molar-refractivity contribution in [3.63, 3.8) is 0 Å². The number of hydrogen-bond donors (Lipinski definition) is 1. The Labute approximate surface area is 154 Å². The van der Waals surface area contributed by atoms with Gasteiger partial charge in [-0.25, -0.2) is 4.79 Å². The van der Waals surface area contributed by atoms with E-state index in [9.17, 15) is 9.59 Å². The molecule has 2 atom stereocenters. The van der Waals surface area contributed by atoms with Gasteiger partial charge < -0.3 is 10.1 Å². The lowest BCUT2D eigenvalue weighted by molar-refractivity contribution is -0.119. The number of hydrogen-bond acceptors (Lipinski definition) is 3. The fraction of sp³-hybridized carbons (Fsp3) is 0.364.